The van der Waals surface area contributed by atoms with Gasteiger partial charge in [-0.2, -0.15) is 8.78 Å². The van der Waals surface area contributed by atoms with Crippen LogP contribution in [0.1, 0.15) is 31.9 Å². The molecule has 1 aromatic carbocycles. The van der Waals surface area contributed by atoms with E-state index < -0.39 is 11.9 Å². The van der Waals surface area contributed by atoms with Gasteiger partial charge in [0.25, 0.3) is 0 Å². The van der Waals surface area contributed by atoms with E-state index in [1.165, 1.54) is 25.1 Å². The van der Waals surface area contributed by atoms with Crippen molar-refractivity contribution in [3.05, 3.63) is 29.3 Å². The van der Waals surface area contributed by atoms with Crippen LogP contribution in [0.25, 0.3) is 0 Å². The molecule has 0 N–H and O–H groups in total. The number of ether oxygens (including phenoxy) is 2. The molecule has 0 aliphatic carbocycles. The van der Waals surface area contributed by atoms with E-state index >= 15 is 0 Å². The number of alkyl halides is 2. The second-order valence-electron chi connectivity index (χ2n) is 4.44. The Morgan fingerprint density at radius 1 is 1.37 bits per heavy atom. The Kier molecular flexibility index (Phi) is 4.86. The minimum absolute atomic E-state index is 0.0462. The van der Waals surface area contributed by atoms with Crippen molar-refractivity contribution >= 4 is 5.97 Å². The topological polar surface area (TPSA) is 35.5 Å². The summed E-state index contributed by atoms with van der Waals surface area (Å²) in [7, 11) is 0. The number of carbonyl (C=O) groups is 1. The number of hydrogen-bond donors (Lipinski definition) is 0. The van der Waals surface area contributed by atoms with Crippen LogP contribution >= 0.6 is 0 Å². The first-order valence-electron chi connectivity index (χ1n) is 6.11. The highest BCUT2D eigenvalue weighted by Crippen LogP contribution is 2.32. The molecule has 3 nitrogen and oxygen atoms in total. The minimum atomic E-state index is -3.64. The molecule has 0 aliphatic rings. The summed E-state index contributed by atoms with van der Waals surface area (Å²) in [4.78, 5) is 11.2. The maximum Gasteiger partial charge on any atom is 0.381 e. The van der Waals surface area contributed by atoms with E-state index in [0.29, 0.717) is 11.3 Å². The third kappa shape index (κ3) is 3.66. The largest absolute Gasteiger partial charge is 0.491 e. The molecule has 0 aliphatic heterocycles. The van der Waals surface area contributed by atoms with E-state index in [0.717, 1.165) is 0 Å². The lowest BCUT2D eigenvalue weighted by Gasteiger charge is -2.17. The van der Waals surface area contributed by atoms with Crippen molar-refractivity contribution in [3.63, 3.8) is 0 Å². The van der Waals surface area contributed by atoms with Gasteiger partial charge in [-0.15, -0.1) is 0 Å². The molecule has 19 heavy (non-hydrogen) atoms. The van der Waals surface area contributed by atoms with E-state index in [9.17, 15) is 13.6 Å². The first-order chi connectivity index (χ1) is 8.78. The number of aryl methyl sites for hydroxylation is 1. The molecule has 0 radical (unpaired) electrons. The molecule has 106 valence electrons. The van der Waals surface area contributed by atoms with Gasteiger partial charge in [-0.3, -0.25) is 0 Å². The molecule has 0 saturated heterocycles. The minimum Gasteiger partial charge on any atom is -0.491 e. The Balaban J connectivity index is 3.02. The van der Waals surface area contributed by atoms with Gasteiger partial charge >= 0.3 is 11.9 Å². The summed E-state index contributed by atoms with van der Waals surface area (Å²) >= 11 is 0. The van der Waals surface area contributed by atoms with Gasteiger partial charge in [-0.05, 0) is 51.5 Å². The Morgan fingerprint density at radius 3 is 2.47 bits per heavy atom. The zero-order valence-electron chi connectivity index (χ0n) is 11.5. The lowest BCUT2D eigenvalue weighted by atomic mass is 10.0. The van der Waals surface area contributed by atoms with Crippen LogP contribution in [0.5, 0.6) is 5.75 Å². The van der Waals surface area contributed by atoms with Crippen molar-refractivity contribution in [1.82, 2.24) is 0 Å². The number of rotatable bonds is 5. The van der Waals surface area contributed by atoms with Gasteiger partial charge in [0.2, 0.25) is 0 Å². The normalized spacial score (nSPS) is 11.5. The molecule has 1 aromatic rings. The van der Waals surface area contributed by atoms with Crippen LogP contribution in [0.4, 0.5) is 8.78 Å². The van der Waals surface area contributed by atoms with Gasteiger partial charge in [0.05, 0.1) is 12.7 Å². The zero-order valence-corrected chi connectivity index (χ0v) is 11.5. The lowest BCUT2D eigenvalue weighted by molar-refractivity contribution is -0.173. The predicted octanol–water partition coefficient (Wildman–Crippen LogP) is 3.44. The standard InChI is InChI=1S/C14H18F2O3/c1-5-18-13(17)14(15,16)11-6-7-12(10(4)8-11)19-9(2)3/h6-9H,5H2,1-4H3. The molecule has 0 atom stereocenters. The van der Waals surface area contributed by atoms with Crippen LogP contribution in [-0.2, 0) is 15.5 Å². The number of carbonyl (C=O) groups excluding carboxylic acids is 1. The highest BCUT2D eigenvalue weighted by molar-refractivity contribution is 5.79. The molecular weight excluding hydrogens is 254 g/mol. The average molecular weight is 272 g/mol. The van der Waals surface area contributed by atoms with Crippen LogP contribution in [0.3, 0.4) is 0 Å². The molecule has 0 heterocycles. The lowest BCUT2D eigenvalue weighted by Crippen LogP contribution is -2.28. The summed E-state index contributed by atoms with van der Waals surface area (Å²) in [6, 6.07) is 3.87. The Hall–Kier alpha value is -1.65. The molecular formula is C14H18F2O3. The zero-order chi connectivity index (χ0) is 14.6. The maximum absolute atomic E-state index is 13.8. The fraction of sp³-hybridized carbons (Fsp3) is 0.500. The smallest absolute Gasteiger partial charge is 0.381 e. The van der Waals surface area contributed by atoms with E-state index in [1.54, 1.807) is 6.92 Å². The second kappa shape index (κ2) is 5.99. The van der Waals surface area contributed by atoms with Crippen molar-refractivity contribution in [2.24, 2.45) is 0 Å². The van der Waals surface area contributed by atoms with E-state index in [1.807, 2.05) is 13.8 Å². The summed E-state index contributed by atoms with van der Waals surface area (Å²) < 4.78 is 37.4. The second-order valence-corrected chi connectivity index (χ2v) is 4.44. The highest BCUT2D eigenvalue weighted by atomic mass is 19.3. The summed E-state index contributed by atoms with van der Waals surface area (Å²) in [6.45, 7) is 6.75. The molecule has 0 unspecified atom stereocenters. The number of benzene rings is 1. The van der Waals surface area contributed by atoms with Crippen LogP contribution in [0, 0.1) is 6.92 Å². The third-order valence-electron chi connectivity index (χ3n) is 2.43. The monoisotopic (exact) mass is 272 g/mol. The van der Waals surface area contributed by atoms with Gasteiger partial charge in [-0.1, -0.05) is 0 Å². The molecule has 0 saturated carbocycles. The summed E-state index contributed by atoms with van der Waals surface area (Å²) in [5.74, 6) is -4.65. The fourth-order valence-corrected chi connectivity index (χ4v) is 1.57. The van der Waals surface area contributed by atoms with Crippen LogP contribution in [0.15, 0.2) is 18.2 Å². The predicted molar refractivity (Wildman–Crippen MR) is 67.5 cm³/mol. The van der Waals surface area contributed by atoms with Gasteiger partial charge < -0.3 is 9.47 Å². The maximum atomic E-state index is 13.8. The van der Waals surface area contributed by atoms with Crippen LogP contribution in [-0.4, -0.2) is 18.7 Å². The summed E-state index contributed by atoms with van der Waals surface area (Å²) in [5.41, 5.74) is 0.162. The first-order valence-corrected chi connectivity index (χ1v) is 6.11. The Morgan fingerprint density at radius 2 is 2.00 bits per heavy atom. The SMILES string of the molecule is CCOC(=O)C(F)(F)c1ccc(OC(C)C)c(C)c1. The number of hydrogen-bond acceptors (Lipinski definition) is 3. The molecule has 0 fully saturated rings. The Labute approximate surface area is 111 Å². The van der Waals surface area contributed by atoms with E-state index in [4.69, 9.17) is 4.74 Å². The molecule has 1 rings (SSSR count). The van der Waals surface area contributed by atoms with Gasteiger partial charge in [0, 0.05) is 5.56 Å². The van der Waals surface area contributed by atoms with Gasteiger partial charge in [0.15, 0.2) is 0 Å². The van der Waals surface area contributed by atoms with E-state index in [2.05, 4.69) is 4.74 Å². The van der Waals surface area contributed by atoms with Crippen LogP contribution in [0.2, 0.25) is 0 Å². The van der Waals surface area contributed by atoms with Crippen molar-refractivity contribution in [2.45, 2.75) is 39.7 Å². The van der Waals surface area contributed by atoms with Crippen LogP contribution < -0.4 is 4.74 Å². The molecule has 0 bridgehead atoms. The summed E-state index contributed by atoms with van der Waals surface area (Å²) in [6.07, 6.45) is -0.0462. The molecule has 0 aromatic heterocycles. The molecule has 0 spiro atoms. The number of esters is 1. The number of halogens is 2. The third-order valence-corrected chi connectivity index (χ3v) is 2.43. The van der Waals surface area contributed by atoms with Gasteiger partial charge in [0.1, 0.15) is 5.75 Å². The fourth-order valence-electron chi connectivity index (χ4n) is 1.57. The van der Waals surface area contributed by atoms with Crippen molar-refractivity contribution in [3.8, 4) is 5.75 Å². The first kappa shape index (κ1) is 15.4. The summed E-state index contributed by atoms with van der Waals surface area (Å²) in [5, 5.41) is 0. The quantitative estimate of drug-likeness (QED) is 0.770. The molecule has 5 heteroatoms. The Bertz CT molecular complexity index is 456. The molecule has 0 amide bonds. The highest BCUT2D eigenvalue weighted by Gasteiger charge is 2.42. The van der Waals surface area contributed by atoms with E-state index in [-0.39, 0.29) is 18.3 Å². The van der Waals surface area contributed by atoms with Crippen molar-refractivity contribution in [2.75, 3.05) is 6.61 Å². The van der Waals surface area contributed by atoms with Crippen molar-refractivity contribution < 1.29 is 23.0 Å². The van der Waals surface area contributed by atoms with Gasteiger partial charge in [-0.25, -0.2) is 4.79 Å². The average Bonchev–Trinajstić information content (AvgIpc) is 2.31. The van der Waals surface area contributed by atoms with Crippen molar-refractivity contribution in [1.29, 1.82) is 0 Å².